The lowest BCUT2D eigenvalue weighted by molar-refractivity contribution is -0.137. The number of ketones is 1. The maximum Gasteiger partial charge on any atom is 0.417 e. The first kappa shape index (κ1) is 15.8. The SMILES string of the molecule is O=C(c1ccc(Cl)c(Cl)c1)c1cc(F)ccc1C(F)(F)F. The van der Waals surface area contributed by atoms with Gasteiger partial charge < -0.3 is 0 Å². The molecule has 0 saturated heterocycles. The van der Waals surface area contributed by atoms with Gasteiger partial charge in [0.15, 0.2) is 5.78 Å². The van der Waals surface area contributed by atoms with Crippen molar-refractivity contribution in [3.63, 3.8) is 0 Å². The molecule has 2 aromatic carbocycles. The zero-order valence-corrected chi connectivity index (χ0v) is 11.7. The van der Waals surface area contributed by atoms with E-state index in [1.165, 1.54) is 12.1 Å². The summed E-state index contributed by atoms with van der Waals surface area (Å²) in [6.45, 7) is 0. The second-order valence-electron chi connectivity index (χ2n) is 4.15. The summed E-state index contributed by atoms with van der Waals surface area (Å²) in [5.41, 5.74) is -2.10. The largest absolute Gasteiger partial charge is 0.417 e. The lowest BCUT2D eigenvalue weighted by Crippen LogP contribution is -2.14. The highest BCUT2D eigenvalue weighted by Gasteiger charge is 2.35. The van der Waals surface area contributed by atoms with E-state index >= 15 is 0 Å². The van der Waals surface area contributed by atoms with Crippen LogP contribution in [0.3, 0.4) is 0 Å². The van der Waals surface area contributed by atoms with E-state index in [1.54, 1.807) is 0 Å². The standard InChI is InChI=1S/C14H6Cl2F4O/c15-11-4-1-7(5-12(11)16)13(21)9-6-8(17)2-3-10(9)14(18,19)20/h1-6H. The molecule has 0 fully saturated rings. The van der Waals surface area contributed by atoms with Gasteiger partial charge in [-0.1, -0.05) is 23.2 Å². The predicted octanol–water partition coefficient (Wildman–Crippen LogP) is 5.38. The number of hydrogen-bond acceptors (Lipinski definition) is 1. The number of carbonyl (C=O) groups is 1. The van der Waals surface area contributed by atoms with Gasteiger partial charge in [0.1, 0.15) is 5.82 Å². The lowest BCUT2D eigenvalue weighted by Gasteiger charge is -2.12. The van der Waals surface area contributed by atoms with Crippen LogP contribution in [0.2, 0.25) is 10.0 Å². The maximum absolute atomic E-state index is 13.2. The Bertz CT molecular complexity index is 711. The summed E-state index contributed by atoms with van der Waals surface area (Å²) in [5.74, 6) is -1.92. The minimum Gasteiger partial charge on any atom is -0.289 e. The van der Waals surface area contributed by atoms with Gasteiger partial charge in [-0.15, -0.1) is 0 Å². The molecule has 2 aromatic rings. The molecule has 21 heavy (non-hydrogen) atoms. The zero-order chi connectivity index (χ0) is 15.8. The van der Waals surface area contributed by atoms with Crippen LogP contribution in [0.5, 0.6) is 0 Å². The number of rotatable bonds is 2. The minimum atomic E-state index is -4.77. The van der Waals surface area contributed by atoms with Crippen molar-refractivity contribution in [2.75, 3.05) is 0 Å². The summed E-state index contributed by atoms with van der Waals surface area (Å²) in [6.07, 6.45) is -4.77. The lowest BCUT2D eigenvalue weighted by atomic mass is 9.98. The molecule has 0 aliphatic heterocycles. The Morgan fingerprint density at radius 2 is 1.62 bits per heavy atom. The van der Waals surface area contributed by atoms with Crippen molar-refractivity contribution in [3.05, 3.63) is 69.0 Å². The van der Waals surface area contributed by atoms with Crippen LogP contribution in [-0.2, 0) is 6.18 Å². The Hall–Kier alpha value is -1.59. The van der Waals surface area contributed by atoms with Crippen LogP contribution in [-0.4, -0.2) is 5.78 Å². The van der Waals surface area contributed by atoms with Gasteiger partial charge in [-0.2, -0.15) is 13.2 Å². The molecule has 110 valence electrons. The van der Waals surface area contributed by atoms with E-state index < -0.39 is 28.9 Å². The van der Waals surface area contributed by atoms with Gasteiger partial charge in [-0.25, -0.2) is 4.39 Å². The molecule has 0 atom stereocenters. The van der Waals surface area contributed by atoms with Gasteiger partial charge in [-0.3, -0.25) is 4.79 Å². The van der Waals surface area contributed by atoms with Crippen molar-refractivity contribution in [2.45, 2.75) is 6.18 Å². The number of carbonyl (C=O) groups excluding carboxylic acids is 1. The molecule has 7 heteroatoms. The molecule has 2 rings (SSSR count). The molecule has 0 amide bonds. The molecular weight excluding hydrogens is 331 g/mol. The van der Waals surface area contributed by atoms with Gasteiger partial charge in [0.25, 0.3) is 0 Å². The molecule has 0 saturated carbocycles. The summed E-state index contributed by atoms with van der Waals surface area (Å²) in [7, 11) is 0. The van der Waals surface area contributed by atoms with E-state index in [2.05, 4.69) is 0 Å². The summed E-state index contributed by atoms with van der Waals surface area (Å²) in [5, 5.41) is 0.177. The normalized spacial score (nSPS) is 11.5. The average molecular weight is 337 g/mol. The first-order chi connectivity index (χ1) is 9.70. The summed E-state index contributed by atoms with van der Waals surface area (Å²) in [4.78, 5) is 12.2. The van der Waals surface area contributed by atoms with E-state index in [9.17, 15) is 22.4 Å². The van der Waals surface area contributed by atoms with Gasteiger partial charge in [0.2, 0.25) is 0 Å². The quantitative estimate of drug-likeness (QED) is 0.531. The smallest absolute Gasteiger partial charge is 0.289 e. The molecule has 0 bridgehead atoms. The third-order valence-electron chi connectivity index (χ3n) is 2.71. The molecule has 0 heterocycles. The van der Waals surface area contributed by atoms with Gasteiger partial charge >= 0.3 is 6.18 Å². The first-order valence-electron chi connectivity index (χ1n) is 5.56. The highest BCUT2D eigenvalue weighted by atomic mass is 35.5. The molecular formula is C14H6Cl2F4O. The van der Waals surface area contributed by atoms with E-state index in [4.69, 9.17) is 23.2 Å². The zero-order valence-electron chi connectivity index (χ0n) is 10.1. The third kappa shape index (κ3) is 3.36. The topological polar surface area (TPSA) is 17.1 Å². The van der Waals surface area contributed by atoms with Crippen LogP contribution in [0, 0.1) is 5.82 Å². The van der Waals surface area contributed by atoms with E-state index in [0.717, 1.165) is 6.07 Å². The number of alkyl halides is 3. The van der Waals surface area contributed by atoms with Crippen LogP contribution in [0.1, 0.15) is 21.5 Å². The summed E-state index contributed by atoms with van der Waals surface area (Å²) in [6, 6.07) is 5.37. The second kappa shape index (κ2) is 5.66. The van der Waals surface area contributed by atoms with Crippen molar-refractivity contribution < 1.29 is 22.4 Å². The first-order valence-corrected chi connectivity index (χ1v) is 6.32. The Kier molecular flexibility index (Phi) is 4.25. The van der Waals surface area contributed by atoms with Crippen LogP contribution < -0.4 is 0 Å². The average Bonchev–Trinajstić information content (AvgIpc) is 2.39. The van der Waals surface area contributed by atoms with Crippen molar-refractivity contribution in [1.82, 2.24) is 0 Å². The molecule has 0 aliphatic carbocycles. The van der Waals surface area contributed by atoms with Crippen molar-refractivity contribution >= 4 is 29.0 Å². The molecule has 1 nitrogen and oxygen atoms in total. The van der Waals surface area contributed by atoms with E-state index in [0.29, 0.717) is 18.2 Å². The minimum absolute atomic E-state index is 0.0208. The fraction of sp³-hybridized carbons (Fsp3) is 0.0714. The molecule has 0 aliphatic rings. The van der Waals surface area contributed by atoms with Crippen molar-refractivity contribution in [1.29, 1.82) is 0 Å². The van der Waals surface area contributed by atoms with E-state index in [-0.39, 0.29) is 15.6 Å². The predicted molar refractivity (Wildman–Crippen MR) is 71.3 cm³/mol. The van der Waals surface area contributed by atoms with Gasteiger partial charge in [-0.05, 0) is 36.4 Å². The fourth-order valence-electron chi connectivity index (χ4n) is 1.74. The number of hydrogen-bond donors (Lipinski definition) is 0. The molecule has 0 unspecified atom stereocenters. The van der Waals surface area contributed by atoms with Crippen LogP contribution in [0.15, 0.2) is 36.4 Å². The van der Waals surface area contributed by atoms with Crippen LogP contribution in [0.25, 0.3) is 0 Å². The summed E-state index contributed by atoms with van der Waals surface area (Å²) >= 11 is 11.4. The van der Waals surface area contributed by atoms with Gasteiger partial charge in [0, 0.05) is 11.1 Å². The summed E-state index contributed by atoms with van der Waals surface area (Å²) < 4.78 is 51.8. The fourth-order valence-corrected chi connectivity index (χ4v) is 2.04. The molecule has 0 aromatic heterocycles. The Labute approximate surface area is 127 Å². The number of halogens is 6. The monoisotopic (exact) mass is 336 g/mol. The van der Waals surface area contributed by atoms with E-state index in [1.807, 2.05) is 0 Å². The Morgan fingerprint density at radius 1 is 0.952 bits per heavy atom. The Morgan fingerprint density at radius 3 is 2.19 bits per heavy atom. The van der Waals surface area contributed by atoms with Crippen molar-refractivity contribution in [3.8, 4) is 0 Å². The Balaban J connectivity index is 2.57. The highest BCUT2D eigenvalue weighted by Crippen LogP contribution is 2.34. The third-order valence-corrected chi connectivity index (χ3v) is 3.45. The van der Waals surface area contributed by atoms with Gasteiger partial charge in [0.05, 0.1) is 15.6 Å². The van der Waals surface area contributed by atoms with Crippen molar-refractivity contribution in [2.24, 2.45) is 0 Å². The molecule has 0 N–H and O–H groups in total. The van der Waals surface area contributed by atoms with Crippen LogP contribution >= 0.6 is 23.2 Å². The molecule has 0 spiro atoms. The maximum atomic E-state index is 13.2. The highest BCUT2D eigenvalue weighted by molar-refractivity contribution is 6.42. The second-order valence-corrected chi connectivity index (χ2v) is 4.96. The van der Waals surface area contributed by atoms with Crippen LogP contribution in [0.4, 0.5) is 17.6 Å². The molecule has 0 radical (unpaired) electrons. The number of benzene rings is 2.